The SMILES string of the molecule is COc1ccc(N=[S@]2CC(C)=C(C)CN2S(=O)(=O)c2ccccc2)cc1. The number of methoxy groups -OCH3 is 1. The molecule has 0 aliphatic carbocycles. The van der Waals surface area contributed by atoms with Gasteiger partial charge in [-0.05, 0) is 61.1 Å². The lowest BCUT2D eigenvalue weighted by Gasteiger charge is -2.30. The Kier molecular flexibility index (Phi) is 5.60. The predicted molar refractivity (Wildman–Crippen MR) is 106 cm³/mol. The van der Waals surface area contributed by atoms with E-state index in [0.29, 0.717) is 17.2 Å². The van der Waals surface area contributed by atoms with E-state index < -0.39 is 20.9 Å². The van der Waals surface area contributed by atoms with E-state index >= 15 is 0 Å². The van der Waals surface area contributed by atoms with Crippen molar-refractivity contribution >= 4 is 26.6 Å². The molecule has 5 nitrogen and oxygen atoms in total. The molecule has 1 aliphatic heterocycles. The van der Waals surface area contributed by atoms with E-state index in [9.17, 15) is 8.42 Å². The Bertz CT molecular complexity index is 950. The van der Waals surface area contributed by atoms with Crippen LogP contribution in [0.2, 0.25) is 0 Å². The first-order valence-electron chi connectivity index (χ1n) is 8.22. The molecule has 1 aliphatic rings. The molecule has 2 aromatic rings. The van der Waals surface area contributed by atoms with Crippen molar-refractivity contribution < 1.29 is 13.2 Å². The van der Waals surface area contributed by atoms with Gasteiger partial charge in [0.2, 0.25) is 0 Å². The van der Waals surface area contributed by atoms with Crippen LogP contribution in [0.3, 0.4) is 0 Å². The lowest BCUT2D eigenvalue weighted by molar-refractivity contribution is 0.415. The van der Waals surface area contributed by atoms with Crippen LogP contribution in [-0.2, 0) is 20.9 Å². The maximum absolute atomic E-state index is 13.2. The first kappa shape index (κ1) is 18.8. The highest BCUT2D eigenvalue weighted by Gasteiger charge is 2.31. The smallest absolute Gasteiger partial charge is 0.253 e. The Labute approximate surface area is 157 Å². The zero-order valence-corrected chi connectivity index (χ0v) is 16.7. The molecule has 0 bridgehead atoms. The minimum absolute atomic E-state index is 0.301. The minimum atomic E-state index is -3.61. The van der Waals surface area contributed by atoms with E-state index in [2.05, 4.69) is 0 Å². The summed E-state index contributed by atoms with van der Waals surface area (Å²) in [5.41, 5.74) is 3.03. The molecule has 1 heterocycles. The third-order valence-electron chi connectivity index (χ3n) is 4.27. The van der Waals surface area contributed by atoms with Crippen LogP contribution in [0, 0.1) is 0 Å². The summed E-state index contributed by atoms with van der Waals surface area (Å²) in [5, 5.41) is 0. The number of hydrogen-bond acceptors (Lipinski definition) is 4. The zero-order chi connectivity index (χ0) is 18.7. The summed E-state index contributed by atoms with van der Waals surface area (Å²) in [6.07, 6.45) is 0. The highest BCUT2D eigenvalue weighted by molar-refractivity contribution is 8.02. The standard InChI is InChI=1S/C19H22N2O3S2/c1-15-13-21(26(22,23)19-7-5-4-6-8-19)25(14-16(15)2)20-17-9-11-18(24-3)12-10-17/h4-12H,13-14H2,1-3H3/t25-/m1/s1. The molecule has 0 saturated heterocycles. The van der Waals surface area contributed by atoms with Gasteiger partial charge in [-0.3, -0.25) is 0 Å². The van der Waals surface area contributed by atoms with Gasteiger partial charge in [0.15, 0.2) is 0 Å². The van der Waals surface area contributed by atoms with Gasteiger partial charge in [0, 0.05) is 12.3 Å². The third-order valence-corrected chi connectivity index (χ3v) is 8.62. The van der Waals surface area contributed by atoms with Crippen molar-refractivity contribution in [3.8, 4) is 5.75 Å². The molecule has 0 unspecified atom stereocenters. The summed E-state index contributed by atoms with van der Waals surface area (Å²) in [5.74, 6) is 1.36. The molecule has 138 valence electrons. The van der Waals surface area contributed by atoms with Crippen molar-refractivity contribution in [1.82, 2.24) is 3.71 Å². The maximum atomic E-state index is 13.2. The van der Waals surface area contributed by atoms with E-state index in [1.807, 2.05) is 44.2 Å². The summed E-state index contributed by atoms with van der Waals surface area (Å²) in [6.45, 7) is 4.40. The molecule has 2 aromatic carbocycles. The van der Waals surface area contributed by atoms with Crippen molar-refractivity contribution in [2.45, 2.75) is 18.7 Å². The summed E-state index contributed by atoms with van der Waals surface area (Å²) in [6, 6.07) is 15.9. The Hall–Kier alpha value is -1.96. The summed E-state index contributed by atoms with van der Waals surface area (Å²) < 4.78 is 37.8. The molecular weight excluding hydrogens is 368 g/mol. The van der Waals surface area contributed by atoms with Crippen LogP contribution in [0.4, 0.5) is 5.69 Å². The highest BCUT2D eigenvalue weighted by Crippen LogP contribution is 2.28. The Balaban J connectivity index is 2.04. The first-order valence-corrected chi connectivity index (χ1v) is 11.0. The largest absolute Gasteiger partial charge is 0.497 e. The number of benzene rings is 2. The quantitative estimate of drug-likeness (QED) is 0.739. The molecule has 3 rings (SSSR count). The molecular formula is C19H22N2O3S2. The predicted octanol–water partition coefficient (Wildman–Crippen LogP) is 4.08. The highest BCUT2D eigenvalue weighted by atomic mass is 32.3. The van der Waals surface area contributed by atoms with Crippen LogP contribution in [0.5, 0.6) is 5.75 Å². The van der Waals surface area contributed by atoms with Gasteiger partial charge in [0.1, 0.15) is 5.75 Å². The van der Waals surface area contributed by atoms with Crippen molar-refractivity contribution in [1.29, 1.82) is 0 Å². The van der Waals surface area contributed by atoms with E-state index in [0.717, 1.165) is 17.0 Å². The van der Waals surface area contributed by atoms with Gasteiger partial charge < -0.3 is 4.74 Å². The fraction of sp³-hybridized carbons (Fsp3) is 0.263. The molecule has 0 N–H and O–H groups in total. The number of ether oxygens (including phenoxy) is 1. The van der Waals surface area contributed by atoms with Crippen molar-refractivity contribution in [2.24, 2.45) is 4.36 Å². The van der Waals surface area contributed by atoms with E-state index in [1.54, 1.807) is 31.4 Å². The van der Waals surface area contributed by atoms with E-state index in [1.165, 1.54) is 9.28 Å². The lowest BCUT2D eigenvalue weighted by atomic mass is 10.2. The molecule has 0 fully saturated rings. The van der Waals surface area contributed by atoms with Gasteiger partial charge in [0.05, 0.1) is 17.7 Å². The number of rotatable bonds is 4. The Morgan fingerprint density at radius 3 is 2.27 bits per heavy atom. The van der Waals surface area contributed by atoms with Crippen molar-refractivity contribution in [3.63, 3.8) is 0 Å². The topological polar surface area (TPSA) is 59.0 Å². The number of sulfonamides is 1. The molecule has 0 saturated carbocycles. The molecule has 0 aromatic heterocycles. The normalized spacial score (nSPS) is 19.0. The molecule has 26 heavy (non-hydrogen) atoms. The summed E-state index contributed by atoms with van der Waals surface area (Å²) in [4.78, 5) is 0.301. The second kappa shape index (κ2) is 7.73. The van der Waals surface area contributed by atoms with E-state index in [4.69, 9.17) is 9.10 Å². The van der Waals surface area contributed by atoms with Crippen LogP contribution >= 0.6 is 0 Å². The average Bonchev–Trinajstić information content (AvgIpc) is 2.65. The van der Waals surface area contributed by atoms with E-state index in [-0.39, 0.29) is 0 Å². The van der Waals surface area contributed by atoms with Gasteiger partial charge in [-0.15, -0.1) is 3.71 Å². The lowest BCUT2D eigenvalue weighted by Crippen LogP contribution is -2.38. The van der Waals surface area contributed by atoms with Gasteiger partial charge in [-0.1, -0.05) is 29.3 Å². The van der Waals surface area contributed by atoms with Gasteiger partial charge in [-0.2, -0.15) is 0 Å². The summed E-state index contributed by atoms with van der Waals surface area (Å²) >= 11 is 0. The summed E-state index contributed by atoms with van der Waals surface area (Å²) in [7, 11) is -2.79. The maximum Gasteiger partial charge on any atom is 0.253 e. The molecule has 7 heteroatoms. The van der Waals surface area contributed by atoms with Gasteiger partial charge in [0.25, 0.3) is 10.0 Å². The number of nitrogens with zero attached hydrogens (tertiary/aromatic N) is 2. The van der Waals surface area contributed by atoms with Crippen LogP contribution < -0.4 is 4.74 Å². The van der Waals surface area contributed by atoms with Crippen LogP contribution in [0.15, 0.2) is 75.0 Å². The molecule has 0 spiro atoms. The zero-order valence-electron chi connectivity index (χ0n) is 15.0. The third kappa shape index (κ3) is 3.90. The minimum Gasteiger partial charge on any atom is -0.497 e. The van der Waals surface area contributed by atoms with Crippen molar-refractivity contribution in [2.75, 3.05) is 19.4 Å². The number of hydrogen-bond donors (Lipinski definition) is 0. The van der Waals surface area contributed by atoms with Crippen molar-refractivity contribution in [3.05, 3.63) is 65.7 Å². The monoisotopic (exact) mass is 390 g/mol. The molecule has 0 radical (unpaired) electrons. The van der Waals surface area contributed by atoms with Crippen LogP contribution in [0.25, 0.3) is 0 Å². The fourth-order valence-corrected chi connectivity index (χ4v) is 6.71. The fourth-order valence-electron chi connectivity index (χ4n) is 2.54. The Morgan fingerprint density at radius 2 is 1.65 bits per heavy atom. The van der Waals surface area contributed by atoms with Gasteiger partial charge >= 0.3 is 0 Å². The first-order chi connectivity index (χ1) is 12.4. The second-order valence-electron chi connectivity index (χ2n) is 6.11. The van der Waals surface area contributed by atoms with Gasteiger partial charge in [-0.25, -0.2) is 12.8 Å². The second-order valence-corrected chi connectivity index (χ2v) is 9.80. The Morgan fingerprint density at radius 1 is 1.00 bits per heavy atom. The molecule has 1 atom stereocenters. The van der Waals surface area contributed by atoms with Crippen LogP contribution in [-0.4, -0.2) is 31.5 Å². The van der Waals surface area contributed by atoms with Crippen LogP contribution in [0.1, 0.15) is 13.8 Å². The molecule has 0 amide bonds. The average molecular weight is 391 g/mol.